The third-order valence-corrected chi connectivity index (χ3v) is 13.1. The molecule has 10 heteroatoms. The van der Waals surface area contributed by atoms with Crippen LogP contribution < -0.4 is 21.2 Å². The summed E-state index contributed by atoms with van der Waals surface area (Å²) in [7, 11) is 0. The number of nitrogens with zero attached hydrogens (tertiary/aromatic N) is 2. The van der Waals surface area contributed by atoms with Crippen LogP contribution in [0.1, 0.15) is 40.5 Å². The van der Waals surface area contributed by atoms with Gasteiger partial charge in [-0.15, -0.1) is 6.58 Å². The molecule has 2 N–H and O–H groups in total. The Balaban J connectivity index is 1.52. The van der Waals surface area contributed by atoms with E-state index in [9.17, 15) is 24.3 Å². The number of ether oxygens (including phenoxy) is 1. The predicted octanol–water partition coefficient (Wildman–Crippen LogP) is 5.32. The van der Waals surface area contributed by atoms with E-state index in [4.69, 9.17) is 4.74 Å². The molecule has 9 nitrogen and oxygen atoms in total. The van der Waals surface area contributed by atoms with E-state index in [-0.39, 0.29) is 35.4 Å². The van der Waals surface area contributed by atoms with Crippen LogP contribution in [0.5, 0.6) is 0 Å². The number of β-lactam (4-membered cyclic amide) rings is 1. The highest BCUT2D eigenvalue weighted by atomic mass is 31.2. The van der Waals surface area contributed by atoms with Crippen LogP contribution in [0, 0.1) is 5.92 Å². The van der Waals surface area contributed by atoms with Crippen molar-refractivity contribution in [2.45, 2.75) is 31.9 Å². The highest BCUT2D eigenvalue weighted by Gasteiger charge is 2.55. The Kier molecular flexibility index (Phi) is 11.0. The van der Waals surface area contributed by atoms with Gasteiger partial charge < -0.3 is 15.2 Å². The number of ketones is 1. The highest BCUT2D eigenvalue weighted by molar-refractivity contribution is 7.95. The summed E-state index contributed by atoms with van der Waals surface area (Å²) in [5.41, 5.74) is 1.18. The minimum atomic E-state index is -3.17. The number of rotatable bonds is 13. The van der Waals surface area contributed by atoms with Gasteiger partial charge in [-0.25, -0.2) is 0 Å². The van der Waals surface area contributed by atoms with Gasteiger partial charge in [-0.05, 0) is 47.1 Å². The first-order chi connectivity index (χ1) is 25.2. The average Bonchev–Trinajstić information content (AvgIpc) is 3.16. The van der Waals surface area contributed by atoms with Gasteiger partial charge in [-0.3, -0.25) is 29.1 Å². The van der Waals surface area contributed by atoms with E-state index in [1.54, 1.807) is 42.7 Å². The van der Waals surface area contributed by atoms with Gasteiger partial charge in [0.15, 0.2) is 5.78 Å². The van der Waals surface area contributed by atoms with E-state index < -0.39 is 42.7 Å². The van der Waals surface area contributed by atoms with Crippen molar-refractivity contribution >= 4 is 57.7 Å². The lowest BCUT2D eigenvalue weighted by Crippen LogP contribution is -2.67. The quantitative estimate of drug-likeness (QED) is 0.0558. The predicted molar refractivity (Wildman–Crippen MR) is 204 cm³/mol. The number of amides is 2. The zero-order chi connectivity index (χ0) is 36.7. The monoisotopic (exact) mass is 711 g/mol. The molecule has 0 unspecified atom stereocenters. The summed E-state index contributed by atoms with van der Waals surface area (Å²) in [6.07, 6.45) is 3.11. The molecule has 1 aromatic heterocycles. The molecule has 5 aromatic rings. The number of carbonyl (C=O) groups excluding carboxylic acids is 4. The van der Waals surface area contributed by atoms with Gasteiger partial charge in [0.25, 0.3) is 5.91 Å². The number of Topliss-reactive ketones (excluding diaryl/α,β-unsaturated/α-hetero) is 1. The number of anilines is 1. The number of aliphatic hydroxyl groups is 1. The molecule has 1 aliphatic heterocycles. The number of pyridine rings is 1. The van der Waals surface area contributed by atoms with E-state index in [0.717, 1.165) is 15.9 Å². The number of carbonyl (C=O) groups is 4. The van der Waals surface area contributed by atoms with Crippen LogP contribution in [-0.2, 0) is 14.3 Å². The van der Waals surface area contributed by atoms with Gasteiger partial charge in [0, 0.05) is 42.5 Å². The lowest BCUT2D eigenvalue weighted by molar-refractivity contribution is -0.157. The molecular formula is C42H38N3O6P. The van der Waals surface area contributed by atoms with Gasteiger partial charge in [0.05, 0.1) is 24.5 Å². The topological polar surface area (TPSA) is 126 Å². The second kappa shape index (κ2) is 16.0. The average molecular weight is 712 g/mol. The lowest BCUT2D eigenvalue weighted by atomic mass is 9.80. The number of nitrogens with one attached hydrogen (secondary N) is 1. The molecule has 2 amide bonds. The molecule has 52 heavy (non-hydrogen) atoms. The third kappa shape index (κ3) is 7.15. The van der Waals surface area contributed by atoms with E-state index in [0.29, 0.717) is 5.69 Å². The van der Waals surface area contributed by atoms with Gasteiger partial charge in [0.2, 0.25) is 11.5 Å². The Hall–Kier alpha value is -5.89. The Bertz CT molecular complexity index is 2040. The first-order valence-electron chi connectivity index (χ1n) is 16.9. The van der Waals surface area contributed by atoms with E-state index >= 15 is 0 Å². The molecular weight excluding hydrogens is 673 g/mol. The molecule has 0 aliphatic carbocycles. The fourth-order valence-corrected chi connectivity index (χ4v) is 10.8. The largest absolute Gasteiger partial charge is 0.408 e. The van der Waals surface area contributed by atoms with Crippen molar-refractivity contribution in [2.75, 3.05) is 5.32 Å². The molecule has 0 radical (unpaired) electrons. The van der Waals surface area contributed by atoms with E-state index in [1.165, 1.54) is 24.0 Å². The SMILES string of the molecule is C=CCC(=O)OC(N1C(=O)[C@H]([C@@H](C)O)[C@H]1CC(=O)c1cccc(C(=O)Nc2ccncc2)c1)=P(c1ccccc1)(c1ccccc1)c1ccccc1. The van der Waals surface area contributed by atoms with E-state index in [1.807, 2.05) is 91.0 Å². The van der Waals surface area contributed by atoms with Crippen LogP contribution >= 0.6 is 6.89 Å². The Morgan fingerprint density at radius 2 is 1.38 bits per heavy atom. The van der Waals surface area contributed by atoms with Crippen LogP contribution in [-0.4, -0.2) is 56.3 Å². The Morgan fingerprint density at radius 1 is 0.846 bits per heavy atom. The summed E-state index contributed by atoms with van der Waals surface area (Å²) in [5, 5.41) is 16.2. The summed E-state index contributed by atoms with van der Waals surface area (Å²) in [6.45, 7) is 2.06. The molecule has 0 spiro atoms. The fourth-order valence-electron chi connectivity index (χ4n) is 6.60. The minimum absolute atomic E-state index is 0.105. The van der Waals surface area contributed by atoms with Gasteiger partial charge in [-0.1, -0.05) is 109 Å². The molecule has 0 saturated carbocycles. The highest BCUT2D eigenvalue weighted by Crippen LogP contribution is 2.50. The van der Waals surface area contributed by atoms with Crippen molar-refractivity contribution in [2.24, 2.45) is 5.92 Å². The summed E-state index contributed by atoms with van der Waals surface area (Å²) < 4.78 is 6.36. The molecule has 1 aliphatic rings. The maximum Gasteiger partial charge on any atom is 0.316 e. The Morgan fingerprint density at radius 3 is 1.90 bits per heavy atom. The van der Waals surface area contributed by atoms with Crippen LogP contribution in [0.15, 0.2) is 152 Å². The number of benzene rings is 4. The van der Waals surface area contributed by atoms with Crippen molar-refractivity contribution in [3.8, 4) is 0 Å². The number of aliphatic hydroxyl groups excluding tert-OH is 1. The smallest absolute Gasteiger partial charge is 0.316 e. The number of likely N-dealkylation sites (tertiary alicyclic amines) is 1. The fraction of sp³-hybridized carbons (Fsp3) is 0.143. The summed E-state index contributed by atoms with van der Waals surface area (Å²) in [5.74, 6) is -2.81. The summed E-state index contributed by atoms with van der Waals surface area (Å²) >= 11 is 0. The number of esters is 1. The van der Waals surface area contributed by atoms with Crippen LogP contribution in [0.25, 0.3) is 0 Å². The first-order valence-corrected chi connectivity index (χ1v) is 18.7. The molecule has 4 aromatic carbocycles. The van der Waals surface area contributed by atoms with Crippen molar-refractivity contribution in [1.29, 1.82) is 0 Å². The van der Waals surface area contributed by atoms with Crippen molar-refractivity contribution < 1.29 is 29.0 Å². The molecule has 2 heterocycles. The zero-order valence-electron chi connectivity index (χ0n) is 28.5. The summed E-state index contributed by atoms with van der Waals surface area (Å²) in [6, 6.07) is 37.6. The zero-order valence-corrected chi connectivity index (χ0v) is 29.4. The summed E-state index contributed by atoms with van der Waals surface area (Å²) in [4.78, 5) is 60.5. The normalized spacial score (nSPS) is 15.9. The van der Waals surface area contributed by atoms with Crippen LogP contribution in [0.4, 0.5) is 5.69 Å². The second-order valence-corrected chi connectivity index (χ2v) is 15.6. The van der Waals surface area contributed by atoms with Crippen molar-refractivity contribution in [3.63, 3.8) is 0 Å². The maximum atomic E-state index is 14.4. The Labute approximate surface area is 302 Å². The molecule has 3 atom stereocenters. The lowest BCUT2D eigenvalue weighted by Gasteiger charge is -2.50. The van der Waals surface area contributed by atoms with Crippen LogP contribution in [0.2, 0.25) is 0 Å². The number of hydrogen-bond acceptors (Lipinski definition) is 7. The molecule has 1 saturated heterocycles. The maximum absolute atomic E-state index is 14.4. The standard InChI is InChI=1S/C42H38N3O6P/c1-3-14-38(48)51-42(52(33-17-7-4-8-18-33,34-19-9-5-10-20-34)35-21-11-6-12-22-35)45-36(39(29(2)46)41(45)50)28-37(47)30-15-13-16-31(27-30)40(49)44-32-23-25-43-26-24-32/h3-13,15-27,29,36,39,46H,1,14,28H2,2H3,(H,43,44,49)/t29-,36-,39-/m1/s1. The second-order valence-electron chi connectivity index (χ2n) is 12.4. The van der Waals surface area contributed by atoms with Gasteiger partial charge in [0.1, 0.15) is 0 Å². The van der Waals surface area contributed by atoms with Crippen LogP contribution in [0.3, 0.4) is 0 Å². The van der Waals surface area contributed by atoms with Gasteiger partial charge >= 0.3 is 5.97 Å². The number of hydrogen-bond donors (Lipinski definition) is 2. The first kappa shape index (κ1) is 35.9. The minimum Gasteiger partial charge on any atom is -0.408 e. The van der Waals surface area contributed by atoms with E-state index in [2.05, 4.69) is 16.9 Å². The molecule has 262 valence electrons. The molecule has 6 rings (SSSR count). The van der Waals surface area contributed by atoms with Gasteiger partial charge in [-0.2, -0.15) is 0 Å². The third-order valence-electron chi connectivity index (χ3n) is 9.01. The number of aromatic nitrogens is 1. The van der Waals surface area contributed by atoms with Crippen molar-refractivity contribution in [3.05, 3.63) is 164 Å². The van der Waals surface area contributed by atoms with Crippen molar-refractivity contribution in [1.82, 2.24) is 9.88 Å². The molecule has 0 bridgehead atoms. The molecule has 1 fully saturated rings.